The fourth-order valence-electron chi connectivity index (χ4n) is 4.21. The molecule has 1 heterocycles. The Kier molecular flexibility index (Phi) is 12.7. The van der Waals surface area contributed by atoms with E-state index in [4.69, 9.17) is 4.74 Å². The second-order valence-electron chi connectivity index (χ2n) is 9.88. The number of hydrogen-bond donors (Lipinski definition) is 3. The molecule has 198 valence electrons. The number of para-hydroxylation sites is 2. The molecule has 1 saturated heterocycles. The molecule has 1 amide bonds. The first kappa shape index (κ1) is 29.6. The second kappa shape index (κ2) is 15.4. The lowest BCUT2D eigenvalue weighted by Crippen LogP contribution is -2.44. The summed E-state index contributed by atoms with van der Waals surface area (Å²) in [6, 6.07) is 14.3. The summed E-state index contributed by atoms with van der Waals surface area (Å²) < 4.78 is 5.65. The first-order valence-corrected chi connectivity index (χ1v) is 13.0. The predicted octanol–water partition coefficient (Wildman–Crippen LogP) is 4.88. The van der Waals surface area contributed by atoms with Crippen LogP contribution in [0.4, 0.5) is 5.69 Å². The highest BCUT2D eigenvalue weighted by Crippen LogP contribution is 2.22. The van der Waals surface area contributed by atoms with Crippen molar-refractivity contribution in [3.05, 3.63) is 71.8 Å². The maximum Gasteiger partial charge on any atom is 0.241 e. The lowest BCUT2D eigenvalue weighted by molar-refractivity contribution is -0.121. The van der Waals surface area contributed by atoms with E-state index in [2.05, 4.69) is 22.1 Å². The number of carbonyl (C=O) groups excluding carboxylic acids is 1. The maximum atomic E-state index is 12.3. The number of nitrogens with one attached hydrogen (secondary N) is 2. The van der Waals surface area contributed by atoms with Crippen molar-refractivity contribution in [2.75, 3.05) is 32.1 Å². The standard InChI is InChI=1S/C15H22N2O.C15H23NO2/c1-11-7-6-8-12(2)14(11)16-15(18)13-9-4-5-10-17(13)3;1-4-7-13-8-5-6-9-15(13)18-11-14(17)10-16-12(2)3/h6-8,13H,4-5,9-10H2,1-3H3,(H,16,18);4-6,8-9,12,14,16-17H,1,7,10-11H2,2-3H3. The fraction of sp³-hybridized carbons (Fsp3) is 0.500. The van der Waals surface area contributed by atoms with Crippen LogP contribution in [0.3, 0.4) is 0 Å². The van der Waals surface area contributed by atoms with E-state index < -0.39 is 6.10 Å². The van der Waals surface area contributed by atoms with E-state index in [0.29, 0.717) is 19.2 Å². The highest BCUT2D eigenvalue weighted by molar-refractivity contribution is 5.96. The van der Waals surface area contributed by atoms with E-state index in [0.717, 1.165) is 53.9 Å². The number of rotatable bonds is 10. The number of hydrogen-bond acceptors (Lipinski definition) is 5. The minimum atomic E-state index is -0.496. The van der Waals surface area contributed by atoms with Crippen molar-refractivity contribution in [3.63, 3.8) is 0 Å². The van der Waals surface area contributed by atoms with E-state index in [1.54, 1.807) is 0 Å². The van der Waals surface area contributed by atoms with Crippen LogP contribution in [0.15, 0.2) is 55.1 Å². The van der Waals surface area contributed by atoms with Crippen LogP contribution >= 0.6 is 0 Å². The predicted molar refractivity (Wildman–Crippen MR) is 150 cm³/mol. The Morgan fingerprint density at radius 2 is 1.86 bits per heavy atom. The van der Waals surface area contributed by atoms with E-state index >= 15 is 0 Å². The Balaban J connectivity index is 0.000000254. The van der Waals surface area contributed by atoms with Crippen molar-refractivity contribution in [2.45, 2.75) is 71.6 Å². The summed E-state index contributed by atoms with van der Waals surface area (Å²) in [5, 5.41) is 16.0. The lowest BCUT2D eigenvalue weighted by atomic mass is 10.0. The van der Waals surface area contributed by atoms with Crippen LogP contribution in [0.25, 0.3) is 0 Å². The number of likely N-dealkylation sites (N-methyl/N-ethyl adjacent to an activating group) is 1. The molecular weight excluding hydrogens is 450 g/mol. The van der Waals surface area contributed by atoms with Crippen molar-refractivity contribution in [3.8, 4) is 5.75 Å². The summed E-state index contributed by atoms with van der Waals surface area (Å²) in [6.45, 7) is 13.8. The van der Waals surface area contributed by atoms with Crippen molar-refractivity contribution < 1.29 is 14.6 Å². The molecule has 0 bridgehead atoms. The largest absolute Gasteiger partial charge is 0.491 e. The van der Waals surface area contributed by atoms with Crippen molar-refractivity contribution in [2.24, 2.45) is 0 Å². The molecule has 3 rings (SSSR count). The van der Waals surface area contributed by atoms with Gasteiger partial charge in [-0.05, 0) is 69.5 Å². The van der Waals surface area contributed by atoms with Gasteiger partial charge in [0.15, 0.2) is 0 Å². The van der Waals surface area contributed by atoms with Gasteiger partial charge in [0.1, 0.15) is 18.5 Å². The fourth-order valence-corrected chi connectivity index (χ4v) is 4.21. The summed E-state index contributed by atoms with van der Waals surface area (Å²) in [6.07, 6.45) is 5.44. The number of piperidine rings is 1. The number of benzene rings is 2. The van der Waals surface area contributed by atoms with Gasteiger partial charge >= 0.3 is 0 Å². The molecule has 3 N–H and O–H groups in total. The molecule has 0 aliphatic carbocycles. The number of aliphatic hydroxyl groups excluding tert-OH is 1. The summed E-state index contributed by atoms with van der Waals surface area (Å²) in [4.78, 5) is 14.5. The third-order valence-electron chi connectivity index (χ3n) is 6.33. The number of aliphatic hydroxyl groups is 1. The van der Waals surface area contributed by atoms with Crippen LogP contribution in [0, 0.1) is 13.8 Å². The Hall–Kier alpha value is -2.67. The van der Waals surface area contributed by atoms with Gasteiger partial charge in [-0.2, -0.15) is 0 Å². The van der Waals surface area contributed by atoms with Crippen LogP contribution in [-0.4, -0.2) is 60.8 Å². The molecule has 6 heteroatoms. The maximum absolute atomic E-state index is 12.3. The monoisotopic (exact) mass is 495 g/mol. The molecule has 0 radical (unpaired) electrons. The van der Waals surface area contributed by atoms with Gasteiger partial charge in [0.25, 0.3) is 0 Å². The van der Waals surface area contributed by atoms with Gasteiger partial charge in [-0.3, -0.25) is 9.69 Å². The van der Waals surface area contributed by atoms with Gasteiger partial charge in [0.05, 0.1) is 6.04 Å². The molecular formula is C30H45N3O3. The number of likely N-dealkylation sites (tertiary alicyclic amines) is 1. The molecule has 1 aliphatic rings. The zero-order valence-corrected chi connectivity index (χ0v) is 22.7. The third kappa shape index (κ3) is 9.76. The van der Waals surface area contributed by atoms with Gasteiger partial charge in [-0.25, -0.2) is 0 Å². The van der Waals surface area contributed by atoms with Gasteiger partial charge in [0, 0.05) is 18.3 Å². The van der Waals surface area contributed by atoms with Crippen LogP contribution < -0.4 is 15.4 Å². The second-order valence-corrected chi connectivity index (χ2v) is 9.88. The highest BCUT2D eigenvalue weighted by atomic mass is 16.5. The average molecular weight is 496 g/mol. The van der Waals surface area contributed by atoms with Gasteiger partial charge in [-0.15, -0.1) is 6.58 Å². The first-order chi connectivity index (χ1) is 17.2. The molecule has 1 aliphatic heterocycles. The number of nitrogens with zero attached hydrogens (tertiary/aromatic N) is 1. The third-order valence-corrected chi connectivity index (χ3v) is 6.33. The number of carbonyl (C=O) groups is 1. The molecule has 2 aromatic rings. The molecule has 0 saturated carbocycles. The molecule has 6 nitrogen and oxygen atoms in total. The Morgan fingerprint density at radius 1 is 1.17 bits per heavy atom. The lowest BCUT2D eigenvalue weighted by Gasteiger charge is -2.31. The summed E-state index contributed by atoms with van der Waals surface area (Å²) >= 11 is 0. The van der Waals surface area contributed by atoms with Crippen LogP contribution in [-0.2, 0) is 11.2 Å². The number of anilines is 1. The minimum absolute atomic E-state index is 0.0257. The quantitative estimate of drug-likeness (QED) is 0.410. The van der Waals surface area contributed by atoms with E-state index in [1.807, 2.05) is 83.3 Å². The topological polar surface area (TPSA) is 73.8 Å². The van der Waals surface area contributed by atoms with Gasteiger partial charge in [-0.1, -0.05) is 62.7 Å². The number of aryl methyl sites for hydroxylation is 2. The van der Waals surface area contributed by atoms with Crippen LogP contribution in [0.5, 0.6) is 5.75 Å². The van der Waals surface area contributed by atoms with Crippen molar-refractivity contribution in [1.82, 2.24) is 10.2 Å². The Morgan fingerprint density at radius 3 is 2.50 bits per heavy atom. The molecule has 2 atom stereocenters. The number of allylic oxidation sites excluding steroid dienone is 1. The number of amides is 1. The summed E-state index contributed by atoms with van der Waals surface area (Å²) in [5.41, 5.74) is 4.32. The van der Waals surface area contributed by atoms with Gasteiger partial charge in [0.2, 0.25) is 5.91 Å². The van der Waals surface area contributed by atoms with E-state index in [9.17, 15) is 9.90 Å². The van der Waals surface area contributed by atoms with E-state index in [-0.39, 0.29) is 11.9 Å². The molecule has 0 spiro atoms. The molecule has 2 aromatic carbocycles. The Labute approximate surface area is 217 Å². The van der Waals surface area contributed by atoms with Crippen LogP contribution in [0.1, 0.15) is 49.8 Å². The Bertz CT molecular complexity index is 940. The molecule has 0 aromatic heterocycles. The van der Waals surface area contributed by atoms with Crippen molar-refractivity contribution in [1.29, 1.82) is 0 Å². The molecule has 1 fully saturated rings. The highest BCUT2D eigenvalue weighted by Gasteiger charge is 2.26. The smallest absolute Gasteiger partial charge is 0.241 e. The van der Waals surface area contributed by atoms with Gasteiger partial charge < -0.3 is 20.5 Å². The first-order valence-electron chi connectivity index (χ1n) is 13.0. The SMILES string of the molecule is C=CCc1ccccc1OCC(O)CNC(C)C.Cc1cccc(C)c1NC(=O)C1CCCCN1C. The number of ether oxygens (including phenoxy) is 1. The van der Waals surface area contributed by atoms with Crippen molar-refractivity contribution >= 4 is 11.6 Å². The zero-order valence-electron chi connectivity index (χ0n) is 22.7. The normalized spacial score (nSPS) is 16.6. The molecule has 2 unspecified atom stereocenters. The summed E-state index contributed by atoms with van der Waals surface area (Å²) in [7, 11) is 2.04. The van der Waals surface area contributed by atoms with E-state index in [1.165, 1.54) is 6.42 Å². The minimum Gasteiger partial charge on any atom is -0.491 e. The molecule has 36 heavy (non-hydrogen) atoms. The zero-order chi connectivity index (χ0) is 26.5. The van der Waals surface area contributed by atoms with Crippen LogP contribution in [0.2, 0.25) is 0 Å². The summed E-state index contributed by atoms with van der Waals surface area (Å²) in [5.74, 6) is 0.954. The average Bonchev–Trinajstić information content (AvgIpc) is 2.85.